The van der Waals surface area contributed by atoms with Crippen molar-refractivity contribution < 1.29 is 14.3 Å². The van der Waals surface area contributed by atoms with Crippen LogP contribution >= 0.6 is 11.8 Å². The van der Waals surface area contributed by atoms with Crippen molar-refractivity contribution in [2.75, 3.05) is 33.4 Å². The average Bonchev–Trinajstić information content (AvgIpc) is 2.90. The van der Waals surface area contributed by atoms with Gasteiger partial charge in [0.15, 0.2) is 5.17 Å². The van der Waals surface area contributed by atoms with Crippen LogP contribution in [-0.4, -0.2) is 48.6 Å². The molecule has 1 aromatic carbocycles. The maximum atomic E-state index is 12.1. The van der Waals surface area contributed by atoms with Crippen molar-refractivity contribution >= 4 is 28.1 Å². The molecule has 1 saturated heterocycles. The maximum absolute atomic E-state index is 12.1. The number of carbonyl (C=O) groups excluding carboxylic acids is 1. The first-order valence-electron chi connectivity index (χ1n) is 6.75. The lowest BCUT2D eigenvalue weighted by Gasteiger charge is -2.27. The van der Waals surface area contributed by atoms with Gasteiger partial charge in [-0.3, -0.25) is 4.79 Å². The number of amidine groups is 1. The van der Waals surface area contributed by atoms with Gasteiger partial charge in [0.25, 0.3) is 0 Å². The average molecular weight is 304 g/mol. The summed E-state index contributed by atoms with van der Waals surface area (Å²) in [5.41, 5.74) is 1.43. The third kappa shape index (κ3) is 3.28. The molecule has 110 valence electrons. The number of rotatable bonds is 2. The van der Waals surface area contributed by atoms with E-state index in [0.717, 1.165) is 29.6 Å². The number of morpholine rings is 1. The Labute approximate surface area is 127 Å². The van der Waals surface area contributed by atoms with Crippen LogP contribution in [0.15, 0.2) is 35.0 Å². The van der Waals surface area contributed by atoms with Gasteiger partial charge in [0.1, 0.15) is 11.4 Å². The molecule has 0 bridgehead atoms. The Balaban J connectivity index is 1.78. The van der Waals surface area contributed by atoms with E-state index < -0.39 is 0 Å². The Kier molecular flexibility index (Phi) is 4.26. The van der Waals surface area contributed by atoms with Gasteiger partial charge in [0.05, 0.1) is 20.3 Å². The van der Waals surface area contributed by atoms with E-state index in [-0.39, 0.29) is 5.12 Å². The number of aliphatic imine (C=N–C) groups is 1. The molecule has 0 aromatic heterocycles. The van der Waals surface area contributed by atoms with E-state index in [9.17, 15) is 4.79 Å². The second kappa shape index (κ2) is 6.32. The van der Waals surface area contributed by atoms with Crippen LogP contribution in [0.5, 0.6) is 5.75 Å². The molecule has 0 saturated carbocycles. The lowest BCUT2D eigenvalue weighted by atomic mass is 10.2. The number of carbonyl (C=O) groups is 1. The molecule has 5 nitrogen and oxygen atoms in total. The molecule has 0 unspecified atom stereocenters. The van der Waals surface area contributed by atoms with Crippen LogP contribution < -0.4 is 4.74 Å². The predicted octanol–water partition coefficient (Wildman–Crippen LogP) is 2.00. The fourth-order valence-corrected chi connectivity index (χ4v) is 2.98. The highest BCUT2D eigenvalue weighted by Gasteiger charge is 2.27. The van der Waals surface area contributed by atoms with Gasteiger partial charge in [-0.15, -0.1) is 0 Å². The second-order valence-electron chi connectivity index (χ2n) is 4.69. The van der Waals surface area contributed by atoms with Crippen molar-refractivity contribution in [2.45, 2.75) is 0 Å². The summed E-state index contributed by atoms with van der Waals surface area (Å²) in [7, 11) is 1.63. The third-order valence-electron chi connectivity index (χ3n) is 3.31. The predicted molar refractivity (Wildman–Crippen MR) is 83.4 cm³/mol. The molecule has 2 aliphatic heterocycles. The number of hydrogen-bond acceptors (Lipinski definition) is 6. The molecule has 1 fully saturated rings. The zero-order valence-electron chi connectivity index (χ0n) is 11.7. The molecule has 6 heteroatoms. The van der Waals surface area contributed by atoms with Crippen LogP contribution in [0.4, 0.5) is 0 Å². The molecule has 21 heavy (non-hydrogen) atoms. The fourth-order valence-electron chi connectivity index (χ4n) is 2.15. The highest BCUT2D eigenvalue weighted by molar-refractivity contribution is 8.27. The van der Waals surface area contributed by atoms with E-state index in [0.29, 0.717) is 18.9 Å². The molecular weight excluding hydrogens is 288 g/mol. The van der Waals surface area contributed by atoms with Gasteiger partial charge in [0.2, 0.25) is 5.12 Å². The minimum atomic E-state index is -0.00712. The molecule has 0 atom stereocenters. The monoisotopic (exact) mass is 304 g/mol. The zero-order valence-corrected chi connectivity index (χ0v) is 12.6. The molecule has 0 amide bonds. The van der Waals surface area contributed by atoms with Gasteiger partial charge in [-0.05, 0) is 35.5 Å². The fraction of sp³-hybridized carbons (Fsp3) is 0.333. The summed E-state index contributed by atoms with van der Waals surface area (Å²) in [5, 5.41) is 0.773. The molecule has 3 rings (SSSR count). The van der Waals surface area contributed by atoms with Gasteiger partial charge in [0, 0.05) is 13.1 Å². The lowest BCUT2D eigenvalue weighted by molar-refractivity contribution is -0.107. The van der Waals surface area contributed by atoms with E-state index in [1.54, 1.807) is 7.11 Å². The highest BCUT2D eigenvalue weighted by Crippen LogP contribution is 2.27. The topological polar surface area (TPSA) is 51.1 Å². The summed E-state index contributed by atoms with van der Waals surface area (Å²) < 4.78 is 10.4. The van der Waals surface area contributed by atoms with Gasteiger partial charge >= 0.3 is 0 Å². The molecule has 0 N–H and O–H groups in total. The molecule has 2 heterocycles. The first-order valence-corrected chi connectivity index (χ1v) is 7.57. The minimum Gasteiger partial charge on any atom is -0.497 e. The largest absolute Gasteiger partial charge is 0.497 e. The molecule has 0 spiro atoms. The summed E-state index contributed by atoms with van der Waals surface area (Å²) >= 11 is 1.20. The Morgan fingerprint density at radius 3 is 2.67 bits per heavy atom. The Bertz CT molecular complexity index is 589. The molecule has 1 aromatic rings. The van der Waals surface area contributed by atoms with Crippen molar-refractivity contribution in [1.82, 2.24) is 4.90 Å². The maximum Gasteiger partial charge on any atom is 0.245 e. The van der Waals surface area contributed by atoms with Gasteiger partial charge < -0.3 is 14.4 Å². The smallest absolute Gasteiger partial charge is 0.245 e. The van der Waals surface area contributed by atoms with E-state index in [4.69, 9.17) is 9.47 Å². The Hall–Kier alpha value is -1.79. The first-order chi connectivity index (χ1) is 10.3. The van der Waals surface area contributed by atoms with Gasteiger partial charge in [-0.1, -0.05) is 12.1 Å². The third-order valence-corrected chi connectivity index (χ3v) is 4.24. The van der Waals surface area contributed by atoms with Crippen molar-refractivity contribution in [1.29, 1.82) is 0 Å². The molecule has 2 aliphatic rings. The summed E-state index contributed by atoms with van der Waals surface area (Å²) in [6.07, 6.45) is 1.81. The van der Waals surface area contributed by atoms with Crippen molar-refractivity contribution in [2.24, 2.45) is 4.99 Å². The quantitative estimate of drug-likeness (QED) is 0.782. The Morgan fingerprint density at radius 2 is 2.00 bits per heavy atom. The zero-order chi connectivity index (χ0) is 14.7. The number of nitrogens with zero attached hydrogens (tertiary/aromatic N) is 2. The Morgan fingerprint density at radius 1 is 1.29 bits per heavy atom. The normalized spacial score (nSPS) is 20.8. The van der Waals surface area contributed by atoms with Crippen molar-refractivity contribution in [3.8, 4) is 5.75 Å². The van der Waals surface area contributed by atoms with E-state index in [1.807, 2.05) is 30.3 Å². The number of thioether (sulfide) groups is 1. The number of benzene rings is 1. The molecular formula is C15H16N2O3S. The number of hydrogen-bond donors (Lipinski definition) is 0. The van der Waals surface area contributed by atoms with Gasteiger partial charge in [-0.2, -0.15) is 0 Å². The van der Waals surface area contributed by atoms with Crippen LogP contribution in [-0.2, 0) is 9.53 Å². The highest BCUT2D eigenvalue weighted by atomic mass is 32.2. The van der Waals surface area contributed by atoms with Crippen molar-refractivity contribution in [3.05, 3.63) is 35.5 Å². The minimum absolute atomic E-state index is 0.00712. The standard InChI is InChI=1S/C15H16N2O3S/c1-19-12-4-2-11(3-5-12)10-13-14(18)21-15(16-13)17-6-8-20-9-7-17/h2-5,10H,6-9H2,1H3. The van der Waals surface area contributed by atoms with Crippen LogP contribution in [0.1, 0.15) is 5.56 Å². The first kappa shape index (κ1) is 14.2. The molecule has 0 aliphatic carbocycles. The summed E-state index contributed by atoms with van der Waals surface area (Å²) in [6.45, 7) is 2.94. The van der Waals surface area contributed by atoms with Gasteiger partial charge in [-0.25, -0.2) is 4.99 Å². The van der Waals surface area contributed by atoms with E-state index in [2.05, 4.69) is 9.89 Å². The number of methoxy groups -OCH3 is 1. The molecule has 0 radical (unpaired) electrons. The SMILES string of the molecule is COc1ccc(C=C2N=C(N3CCOCC3)SC2=O)cc1. The van der Waals surface area contributed by atoms with Crippen LogP contribution in [0.3, 0.4) is 0 Å². The van der Waals surface area contributed by atoms with Crippen LogP contribution in [0.25, 0.3) is 6.08 Å². The van der Waals surface area contributed by atoms with Crippen LogP contribution in [0, 0.1) is 0 Å². The summed E-state index contributed by atoms with van der Waals surface area (Å²) in [6, 6.07) is 7.55. The van der Waals surface area contributed by atoms with E-state index >= 15 is 0 Å². The van der Waals surface area contributed by atoms with Crippen LogP contribution in [0.2, 0.25) is 0 Å². The summed E-state index contributed by atoms with van der Waals surface area (Å²) in [5.74, 6) is 0.793. The lowest BCUT2D eigenvalue weighted by Crippen LogP contribution is -2.38. The van der Waals surface area contributed by atoms with E-state index in [1.165, 1.54) is 11.8 Å². The summed E-state index contributed by atoms with van der Waals surface area (Å²) in [4.78, 5) is 18.6. The number of ether oxygens (including phenoxy) is 2. The van der Waals surface area contributed by atoms with Crippen molar-refractivity contribution in [3.63, 3.8) is 0 Å². The second-order valence-corrected chi connectivity index (χ2v) is 5.63.